The lowest BCUT2D eigenvalue weighted by Gasteiger charge is -2.25. The molecular weight excluding hydrogens is 192 g/mol. The monoisotopic (exact) mass is 206 g/mol. The standard InChI is InChI=1S/C10H14N4O/c1-2-14-5-11-10(15)7-9(14)13-8(12-7)6-3-4-6/h6H,2-5H2,1H3,(H,11,15)(H,12,13). The molecule has 2 N–H and O–H groups in total. The number of hydrogen-bond acceptors (Lipinski definition) is 3. The number of fused-ring (bicyclic) bond motifs is 1. The zero-order valence-corrected chi connectivity index (χ0v) is 8.71. The molecule has 2 heterocycles. The molecule has 1 saturated carbocycles. The fourth-order valence-electron chi connectivity index (χ4n) is 1.91. The highest BCUT2D eigenvalue weighted by Gasteiger charge is 2.32. The van der Waals surface area contributed by atoms with Gasteiger partial charge in [0.1, 0.15) is 11.5 Å². The van der Waals surface area contributed by atoms with Crippen LogP contribution in [0.5, 0.6) is 0 Å². The number of aromatic amines is 1. The Morgan fingerprint density at radius 3 is 3.00 bits per heavy atom. The predicted molar refractivity (Wildman–Crippen MR) is 55.9 cm³/mol. The number of aromatic nitrogens is 2. The summed E-state index contributed by atoms with van der Waals surface area (Å²) in [6.07, 6.45) is 2.39. The van der Waals surface area contributed by atoms with Gasteiger partial charge in [0.2, 0.25) is 0 Å². The van der Waals surface area contributed by atoms with Crippen LogP contribution >= 0.6 is 0 Å². The van der Waals surface area contributed by atoms with Crippen molar-refractivity contribution in [1.82, 2.24) is 15.3 Å². The van der Waals surface area contributed by atoms with Crippen molar-refractivity contribution in [2.24, 2.45) is 0 Å². The maximum Gasteiger partial charge on any atom is 0.272 e. The van der Waals surface area contributed by atoms with E-state index in [4.69, 9.17) is 0 Å². The second-order valence-electron chi connectivity index (χ2n) is 4.12. The molecule has 1 amide bonds. The maximum absolute atomic E-state index is 11.6. The molecule has 0 saturated heterocycles. The summed E-state index contributed by atoms with van der Waals surface area (Å²) in [6, 6.07) is 0. The Morgan fingerprint density at radius 1 is 1.53 bits per heavy atom. The van der Waals surface area contributed by atoms with E-state index in [0.29, 0.717) is 18.3 Å². The third-order valence-corrected chi connectivity index (χ3v) is 3.01. The van der Waals surface area contributed by atoms with E-state index in [9.17, 15) is 4.79 Å². The molecule has 15 heavy (non-hydrogen) atoms. The molecule has 0 atom stereocenters. The summed E-state index contributed by atoms with van der Waals surface area (Å²) < 4.78 is 0. The number of H-pyrrole nitrogens is 1. The molecule has 5 heteroatoms. The molecule has 1 fully saturated rings. The van der Waals surface area contributed by atoms with Crippen molar-refractivity contribution in [3.63, 3.8) is 0 Å². The van der Waals surface area contributed by atoms with E-state index in [2.05, 4.69) is 27.1 Å². The minimum Gasteiger partial charge on any atom is -0.337 e. The van der Waals surface area contributed by atoms with Crippen molar-refractivity contribution in [2.75, 3.05) is 18.1 Å². The second kappa shape index (κ2) is 2.98. The Morgan fingerprint density at radius 2 is 2.33 bits per heavy atom. The number of hydrogen-bond donors (Lipinski definition) is 2. The van der Waals surface area contributed by atoms with Crippen LogP contribution in [0.15, 0.2) is 0 Å². The highest BCUT2D eigenvalue weighted by molar-refractivity contribution is 5.98. The normalized spacial score (nSPS) is 20.1. The van der Waals surface area contributed by atoms with Crippen LogP contribution in [0.1, 0.15) is 42.0 Å². The van der Waals surface area contributed by atoms with Gasteiger partial charge in [0.25, 0.3) is 5.91 Å². The van der Waals surface area contributed by atoms with Crippen LogP contribution < -0.4 is 10.2 Å². The lowest BCUT2D eigenvalue weighted by molar-refractivity contribution is 0.0943. The molecular formula is C10H14N4O. The lowest BCUT2D eigenvalue weighted by Crippen LogP contribution is -2.43. The summed E-state index contributed by atoms with van der Waals surface area (Å²) >= 11 is 0. The Hall–Kier alpha value is -1.52. The molecule has 1 aromatic rings. The van der Waals surface area contributed by atoms with E-state index in [1.807, 2.05) is 0 Å². The van der Waals surface area contributed by atoms with E-state index in [0.717, 1.165) is 18.2 Å². The zero-order valence-electron chi connectivity index (χ0n) is 8.71. The number of nitrogens with one attached hydrogen (secondary N) is 2. The van der Waals surface area contributed by atoms with Crippen molar-refractivity contribution >= 4 is 11.7 Å². The minimum absolute atomic E-state index is 0.0332. The Kier molecular flexibility index (Phi) is 1.74. The molecule has 5 nitrogen and oxygen atoms in total. The quantitative estimate of drug-likeness (QED) is 0.753. The summed E-state index contributed by atoms with van der Waals surface area (Å²) in [4.78, 5) is 21.3. The first-order valence-corrected chi connectivity index (χ1v) is 5.42. The van der Waals surface area contributed by atoms with Crippen molar-refractivity contribution in [3.8, 4) is 0 Å². The third-order valence-electron chi connectivity index (χ3n) is 3.01. The van der Waals surface area contributed by atoms with Gasteiger partial charge in [-0.1, -0.05) is 0 Å². The van der Waals surface area contributed by atoms with Crippen LogP contribution in [-0.2, 0) is 0 Å². The van der Waals surface area contributed by atoms with Gasteiger partial charge in [-0.2, -0.15) is 0 Å². The molecule has 0 unspecified atom stereocenters. The van der Waals surface area contributed by atoms with Crippen molar-refractivity contribution in [2.45, 2.75) is 25.7 Å². The number of carbonyl (C=O) groups excluding carboxylic acids is 1. The number of nitrogens with zero attached hydrogens (tertiary/aromatic N) is 2. The largest absolute Gasteiger partial charge is 0.337 e. The molecule has 1 aliphatic carbocycles. The van der Waals surface area contributed by atoms with Gasteiger partial charge in [-0.25, -0.2) is 4.98 Å². The van der Waals surface area contributed by atoms with Crippen molar-refractivity contribution < 1.29 is 4.79 Å². The van der Waals surface area contributed by atoms with Crippen LogP contribution in [0, 0.1) is 0 Å². The average molecular weight is 206 g/mol. The van der Waals surface area contributed by atoms with Gasteiger partial charge in [0, 0.05) is 12.5 Å². The smallest absolute Gasteiger partial charge is 0.272 e. The first-order valence-electron chi connectivity index (χ1n) is 5.42. The van der Waals surface area contributed by atoms with Gasteiger partial charge in [-0.3, -0.25) is 4.79 Å². The van der Waals surface area contributed by atoms with Gasteiger partial charge in [0.05, 0.1) is 6.67 Å². The summed E-state index contributed by atoms with van der Waals surface area (Å²) in [5.74, 6) is 2.33. The molecule has 1 aromatic heterocycles. The summed E-state index contributed by atoms with van der Waals surface area (Å²) in [5.41, 5.74) is 0.630. The fourth-order valence-corrected chi connectivity index (χ4v) is 1.91. The van der Waals surface area contributed by atoms with Gasteiger partial charge < -0.3 is 15.2 Å². The van der Waals surface area contributed by atoms with E-state index in [1.54, 1.807) is 0 Å². The summed E-state index contributed by atoms with van der Waals surface area (Å²) in [7, 11) is 0. The van der Waals surface area contributed by atoms with Crippen molar-refractivity contribution in [1.29, 1.82) is 0 Å². The first-order chi connectivity index (χ1) is 7.29. The fraction of sp³-hybridized carbons (Fsp3) is 0.600. The molecule has 1 aliphatic heterocycles. The number of carbonyl (C=O) groups is 1. The molecule has 0 radical (unpaired) electrons. The number of amides is 1. The second-order valence-corrected chi connectivity index (χ2v) is 4.12. The minimum atomic E-state index is -0.0332. The van der Waals surface area contributed by atoms with Gasteiger partial charge in [-0.15, -0.1) is 0 Å². The average Bonchev–Trinajstić information content (AvgIpc) is 2.99. The highest BCUT2D eigenvalue weighted by Crippen LogP contribution is 2.39. The number of anilines is 1. The van der Waals surface area contributed by atoms with Crippen molar-refractivity contribution in [3.05, 3.63) is 11.5 Å². The van der Waals surface area contributed by atoms with Gasteiger partial charge in [0.15, 0.2) is 5.82 Å². The first kappa shape index (κ1) is 8.76. The molecule has 3 rings (SSSR count). The van der Waals surface area contributed by atoms with Crippen LogP contribution in [0.3, 0.4) is 0 Å². The van der Waals surface area contributed by atoms with E-state index >= 15 is 0 Å². The molecule has 0 bridgehead atoms. The van der Waals surface area contributed by atoms with Crippen LogP contribution in [-0.4, -0.2) is 29.1 Å². The van der Waals surface area contributed by atoms with E-state index < -0.39 is 0 Å². The maximum atomic E-state index is 11.6. The topological polar surface area (TPSA) is 61.0 Å². The third kappa shape index (κ3) is 1.30. The van der Waals surface area contributed by atoms with Crippen LogP contribution in [0.25, 0.3) is 0 Å². The van der Waals surface area contributed by atoms with E-state index in [1.165, 1.54) is 12.8 Å². The van der Waals surface area contributed by atoms with Crippen LogP contribution in [0.4, 0.5) is 5.82 Å². The summed E-state index contributed by atoms with van der Waals surface area (Å²) in [6.45, 7) is 3.49. The predicted octanol–water partition coefficient (Wildman–Crippen LogP) is 0.814. The molecule has 0 aromatic carbocycles. The van der Waals surface area contributed by atoms with Crippen LogP contribution in [0.2, 0.25) is 0 Å². The highest BCUT2D eigenvalue weighted by atomic mass is 16.2. The number of rotatable bonds is 2. The Labute approximate surface area is 87.9 Å². The molecule has 2 aliphatic rings. The summed E-state index contributed by atoms with van der Waals surface area (Å²) in [5, 5.41) is 2.83. The Balaban J connectivity index is 2.03. The van der Waals surface area contributed by atoms with Gasteiger partial charge in [-0.05, 0) is 19.8 Å². The molecule has 80 valence electrons. The zero-order chi connectivity index (χ0) is 10.4. The SMILES string of the molecule is CCN1CNC(=O)c2[nH]c(C3CC3)nc21. The molecule has 0 spiro atoms. The Bertz CT molecular complexity index is 408. The van der Waals surface area contributed by atoms with E-state index in [-0.39, 0.29) is 5.91 Å². The number of imidazole rings is 1. The lowest BCUT2D eigenvalue weighted by atomic mass is 10.3. The van der Waals surface area contributed by atoms with Gasteiger partial charge >= 0.3 is 0 Å².